The van der Waals surface area contributed by atoms with Gasteiger partial charge in [-0.1, -0.05) is 33.1 Å². The molecule has 110 valence electrons. The van der Waals surface area contributed by atoms with Crippen LogP contribution in [0.15, 0.2) is 0 Å². The first-order valence-electron chi connectivity index (χ1n) is 8.04. The summed E-state index contributed by atoms with van der Waals surface area (Å²) in [6.45, 7) is 8.78. The highest BCUT2D eigenvalue weighted by Gasteiger charge is 2.45. The number of rotatable bonds is 8. The van der Waals surface area contributed by atoms with Crippen molar-refractivity contribution in [3.63, 3.8) is 0 Å². The quantitative estimate of drug-likeness (QED) is 0.518. The molecule has 0 heterocycles. The van der Waals surface area contributed by atoms with Crippen molar-refractivity contribution in [1.29, 1.82) is 5.26 Å². The molecule has 0 aliphatic heterocycles. The van der Waals surface area contributed by atoms with Gasteiger partial charge in [0.15, 0.2) is 0 Å². The number of nitrogens with zero attached hydrogens (tertiary/aromatic N) is 1. The molecule has 2 heteroatoms. The van der Waals surface area contributed by atoms with Crippen molar-refractivity contribution in [1.82, 2.24) is 0 Å². The summed E-state index contributed by atoms with van der Waals surface area (Å²) in [5, 5.41) is 9.02. The standard InChI is InChI=1S/C17H30ClN/c1-5-7-10-17(4,18)16-9-8-15(16)14(6-2)11-13(3)12-19/h13-16H,5-11H2,1-4H3. The fraction of sp³-hybridized carbons (Fsp3) is 0.941. The van der Waals surface area contributed by atoms with Gasteiger partial charge in [0.2, 0.25) is 0 Å². The lowest BCUT2D eigenvalue weighted by Gasteiger charge is -2.49. The van der Waals surface area contributed by atoms with Crippen molar-refractivity contribution in [2.45, 2.75) is 77.5 Å². The zero-order valence-electron chi connectivity index (χ0n) is 13.1. The Morgan fingerprint density at radius 3 is 2.47 bits per heavy atom. The van der Waals surface area contributed by atoms with Gasteiger partial charge in [-0.25, -0.2) is 0 Å². The molecule has 0 aromatic heterocycles. The van der Waals surface area contributed by atoms with E-state index >= 15 is 0 Å². The van der Waals surface area contributed by atoms with Crippen molar-refractivity contribution in [2.75, 3.05) is 0 Å². The number of nitriles is 1. The number of unbranched alkanes of at least 4 members (excludes halogenated alkanes) is 1. The Morgan fingerprint density at radius 1 is 1.37 bits per heavy atom. The Balaban J connectivity index is 2.60. The summed E-state index contributed by atoms with van der Waals surface area (Å²) in [4.78, 5) is -0.0256. The van der Waals surface area contributed by atoms with Crippen LogP contribution in [0.5, 0.6) is 0 Å². The highest BCUT2D eigenvalue weighted by molar-refractivity contribution is 6.23. The third kappa shape index (κ3) is 4.38. The van der Waals surface area contributed by atoms with Crippen LogP contribution in [0, 0.1) is 35.0 Å². The molecule has 1 nitrogen and oxygen atoms in total. The highest BCUT2D eigenvalue weighted by Crippen LogP contribution is 2.52. The minimum Gasteiger partial charge on any atom is -0.198 e. The van der Waals surface area contributed by atoms with Gasteiger partial charge in [0.05, 0.1) is 6.07 Å². The average Bonchev–Trinajstić information content (AvgIpc) is 2.33. The first-order valence-corrected chi connectivity index (χ1v) is 8.42. The van der Waals surface area contributed by atoms with E-state index in [1.54, 1.807) is 0 Å². The van der Waals surface area contributed by atoms with Crippen molar-refractivity contribution < 1.29 is 0 Å². The van der Waals surface area contributed by atoms with Crippen LogP contribution in [0.3, 0.4) is 0 Å². The van der Waals surface area contributed by atoms with E-state index in [1.807, 2.05) is 6.92 Å². The zero-order chi connectivity index (χ0) is 14.5. The van der Waals surface area contributed by atoms with Gasteiger partial charge in [-0.2, -0.15) is 5.26 Å². The molecule has 19 heavy (non-hydrogen) atoms. The van der Waals surface area contributed by atoms with E-state index in [9.17, 15) is 0 Å². The van der Waals surface area contributed by atoms with Gasteiger partial charge in [-0.3, -0.25) is 0 Å². The molecule has 5 unspecified atom stereocenters. The minimum atomic E-state index is -0.0256. The lowest BCUT2D eigenvalue weighted by atomic mass is 9.59. The molecule has 5 atom stereocenters. The molecule has 1 aliphatic rings. The smallest absolute Gasteiger partial charge is 0.0652 e. The van der Waals surface area contributed by atoms with Crippen LogP contribution in [-0.4, -0.2) is 4.87 Å². The predicted molar refractivity (Wildman–Crippen MR) is 83.2 cm³/mol. The molecule has 0 saturated heterocycles. The minimum absolute atomic E-state index is 0.0256. The van der Waals surface area contributed by atoms with Crippen LogP contribution >= 0.6 is 11.6 Å². The molecule has 1 saturated carbocycles. The number of hydrogen-bond donors (Lipinski definition) is 0. The second kappa shape index (κ2) is 7.53. The van der Waals surface area contributed by atoms with Crippen molar-refractivity contribution in [3.8, 4) is 6.07 Å². The summed E-state index contributed by atoms with van der Waals surface area (Å²) in [5.74, 6) is 2.29. The third-order valence-corrected chi connectivity index (χ3v) is 5.60. The maximum atomic E-state index is 9.02. The summed E-state index contributed by atoms with van der Waals surface area (Å²) in [7, 11) is 0. The molecule has 1 rings (SSSR count). The highest BCUT2D eigenvalue weighted by atomic mass is 35.5. The lowest BCUT2D eigenvalue weighted by molar-refractivity contribution is 0.0560. The molecule has 0 N–H and O–H groups in total. The molecule has 0 aromatic carbocycles. The Kier molecular flexibility index (Phi) is 6.67. The largest absolute Gasteiger partial charge is 0.198 e. The average molecular weight is 284 g/mol. The Bertz CT molecular complexity index is 305. The van der Waals surface area contributed by atoms with Gasteiger partial charge < -0.3 is 0 Å². The normalized spacial score (nSPS) is 28.8. The first-order chi connectivity index (χ1) is 8.96. The van der Waals surface area contributed by atoms with Crippen molar-refractivity contribution >= 4 is 11.6 Å². The van der Waals surface area contributed by atoms with Crippen LogP contribution in [0.1, 0.15) is 72.6 Å². The van der Waals surface area contributed by atoms with E-state index < -0.39 is 0 Å². The maximum Gasteiger partial charge on any atom is 0.0652 e. The van der Waals surface area contributed by atoms with Gasteiger partial charge in [-0.05, 0) is 57.3 Å². The molecule has 1 fully saturated rings. The molecular formula is C17H30ClN. The SMILES string of the molecule is CCCCC(C)(Cl)C1CCC1C(CC)CC(C)C#N. The van der Waals surface area contributed by atoms with Crippen LogP contribution in [0.25, 0.3) is 0 Å². The van der Waals surface area contributed by atoms with E-state index in [2.05, 4.69) is 26.8 Å². The number of halogens is 1. The van der Waals surface area contributed by atoms with Gasteiger partial charge >= 0.3 is 0 Å². The molecule has 0 spiro atoms. The number of hydrogen-bond acceptors (Lipinski definition) is 1. The van der Waals surface area contributed by atoms with Crippen molar-refractivity contribution in [3.05, 3.63) is 0 Å². The molecule has 0 radical (unpaired) electrons. The van der Waals surface area contributed by atoms with E-state index in [4.69, 9.17) is 16.9 Å². The van der Waals surface area contributed by atoms with Gasteiger partial charge in [-0.15, -0.1) is 11.6 Å². The predicted octanol–water partition coefficient (Wildman–Crippen LogP) is 5.78. The summed E-state index contributed by atoms with van der Waals surface area (Å²) < 4.78 is 0. The lowest BCUT2D eigenvalue weighted by Crippen LogP contribution is -2.44. The van der Waals surface area contributed by atoms with E-state index in [0.29, 0.717) is 11.8 Å². The molecule has 1 aliphatic carbocycles. The summed E-state index contributed by atoms with van der Waals surface area (Å²) >= 11 is 6.82. The number of alkyl halides is 1. The Morgan fingerprint density at radius 2 is 2.05 bits per heavy atom. The second-order valence-electron chi connectivity index (χ2n) is 6.66. The topological polar surface area (TPSA) is 23.8 Å². The summed E-state index contributed by atoms with van der Waals surface area (Å²) in [5.41, 5.74) is 0. The van der Waals surface area contributed by atoms with Crippen molar-refractivity contribution in [2.24, 2.45) is 23.7 Å². The van der Waals surface area contributed by atoms with Crippen LogP contribution in [0.2, 0.25) is 0 Å². The van der Waals surface area contributed by atoms with E-state index in [1.165, 1.54) is 32.1 Å². The maximum absolute atomic E-state index is 9.02. The van der Waals surface area contributed by atoms with E-state index in [-0.39, 0.29) is 10.8 Å². The zero-order valence-corrected chi connectivity index (χ0v) is 13.8. The monoisotopic (exact) mass is 283 g/mol. The molecule has 0 aromatic rings. The summed E-state index contributed by atoms with van der Waals surface area (Å²) in [6, 6.07) is 2.39. The molecule has 0 amide bonds. The van der Waals surface area contributed by atoms with Crippen LogP contribution in [0.4, 0.5) is 0 Å². The fourth-order valence-electron chi connectivity index (χ4n) is 3.70. The Labute approximate surface area is 124 Å². The molecule has 0 bridgehead atoms. The third-order valence-electron chi connectivity index (χ3n) is 5.13. The Hall–Kier alpha value is -0.220. The second-order valence-corrected chi connectivity index (χ2v) is 7.53. The summed E-state index contributed by atoms with van der Waals surface area (Å²) in [6.07, 6.45) is 8.43. The van der Waals surface area contributed by atoms with Crippen LogP contribution < -0.4 is 0 Å². The van der Waals surface area contributed by atoms with Gasteiger partial charge in [0.25, 0.3) is 0 Å². The first kappa shape index (κ1) is 16.8. The van der Waals surface area contributed by atoms with Gasteiger partial charge in [0.1, 0.15) is 0 Å². The fourth-order valence-corrected chi connectivity index (χ4v) is 4.10. The van der Waals surface area contributed by atoms with Gasteiger partial charge in [0, 0.05) is 10.8 Å². The molecular weight excluding hydrogens is 254 g/mol. The van der Waals surface area contributed by atoms with E-state index in [0.717, 1.165) is 18.8 Å². The van der Waals surface area contributed by atoms with Crippen LogP contribution in [-0.2, 0) is 0 Å².